The van der Waals surface area contributed by atoms with E-state index in [0.29, 0.717) is 23.3 Å². The summed E-state index contributed by atoms with van der Waals surface area (Å²) in [4.78, 5) is 14.7. The van der Waals surface area contributed by atoms with Crippen molar-refractivity contribution in [3.63, 3.8) is 0 Å². The number of rotatable bonds is 3. The first-order valence-corrected chi connectivity index (χ1v) is 10.2. The standard InChI is InChI=1S/C22H26N6O3/c1-22(30)9-7-15(8-10-22)27-13-14-11-17(19(26(2)3)12-16(14)25-27)24-21(29)18-5-4-6-20(23)28(18)31/h4-6,11-13,23,30-31H,7-10H2,1-3H3/p+2. The molecule has 1 aliphatic carbocycles. The van der Waals surface area contributed by atoms with E-state index in [1.165, 1.54) is 17.8 Å². The summed E-state index contributed by atoms with van der Waals surface area (Å²) < 4.78 is 2.56. The highest BCUT2D eigenvalue weighted by molar-refractivity contribution is 6.03. The Morgan fingerprint density at radius 3 is 2.65 bits per heavy atom. The number of pyridine rings is 1. The maximum atomic E-state index is 12.8. The Kier molecular flexibility index (Phi) is 5.14. The van der Waals surface area contributed by atoms with Gasteiger partial charge in [-0.2, -0.15) is 0 Å². The molecule has 1 saturated carbocycles. The van der Waals surface area contributed by atoms with Crippen LogP contribution in [0.1, 0.15) is 43.1 Å². The quantitative estimate of drug-likeness (QED) is 0.414. The van der Waals surface area contributed by atoms with Crippen molar-refractivity contribution in [2.45, 2.75) is 38.2 Å². The van der Waals surface area contributed by atoms with Crippen molar-refractivity contribution in [3.8, 4) is 0 Å². The molecule has 1 aliphatic heterocycles. The second-order valence-electron chi connectivity index (χ2n) is 8.56. The molecule has 1 fully saturated rings. The number of nitrogens with two attached hydrogens (primary N) is 1. The molecule has 1 aromatic carbocycles. The second kappa shape index (κ2) is 7.66. The third-order valence-corrected chi connectivity index (χ3v) is 5.81. The Morgan fingerprint density at radius 2 is 1.97 bits per heavy atom. The number of benzene rings is 1. The van der Waals surface area contributed by atoms with Crippen molar-refractivity contribution in [3.05, 3.63) is 46.6 Å². The zero-order chi connectivity index (χ0) is 22.3. The van der Waals surface area contributed by atoms with Crippen molar-refractivity contribution < 1.29 is 24.5 Å². The molecule has 0 atom stereocenters. The van der Waals surface area contributed by atoms with Gasteiger partial charge in [0.25, 0.3) is 5.91 Å². The highest BCUT2D eigenvalue weighted by atomic mass is 16.5. The van der Waals surface area contributed by atoms with Crippen molar-refractivity contribution in [2.75, 3.05) is 30.0 Å². The molecule has 0 unspecified atom stereocenters. The lowest BCUT2D eigenvalue weighted by atomic mass is 9.85. The molecule has 2 heterocycles. The predicted octanol–water partition coefficient (Wildman–Crippen LogP) is 0.177. The largest absolute Gasteiger partial charge is 0.390 e. The maximum absolute atomic E-state index is 12.8. The first-order valence-electron chi connectivity index (χ1n) is 10.2. The number of nitrogens with zero attached hydrogens (tertiary/aromatic N) is 4. The summed E-state index contributed by atoms with van der Waals surface area (Å²) in [6.45, 7) is 1.87. The molecule has 162 valence electrons. The van der Waals surface area contributed by atoms with E-state index in [0.717, 1.165) is 29.1 Å². The highest BCUT2D eigenvalue weighted by Gasteiger charge is 2.31. The Bertz CT molecular complexity index is 1200. The molecular formula is C22H28N6O3+2. The van der Waals surface area contributed by atoms with Gasteiger partial charge in [-0.25, -0.2) is 0 Å². The first-order chi connectivity index (χ1) is 14.6. The van der Waals surface area contributed by atoms with E-state index >= 15 is 0 Å². The van der Waals surface area contributed by atoms with Crippen LogP contribution in [0.2, 0.25) is 0 Å². The van der Waals surface area contributed by atoms with Crippen molar-refractivity contribution in [1.82, 2.24) is 0 Å². The van der Waals surface area contributed by atoms with E-state index in [1.54, 1.807) is 6.07 Å². The number of hydrogen-bond donors (Lipinski definition) is 4. The molecule has 0 bridgehead atoms. The molecule has 0 spiro atoms. The van der Waals surface area contributed by atoms with Crippen LogP contribution in [0.25, 0.3) is 6.20 Å². The smallest absolute Gasteiger partial charge is 0.312 e. The number of anilines is 3. The molecule has 9 heteroatoms. The summed E-state index contributed by atoms with van der Waals surface area (Å²) in [7, 11) is 3.77. The van der Waals surface area contributed by atoms with Gasteiger partial charge in [0.15, 0.2) is 5.71 Å². The van der Waals surface area contributed by atoms with Gasteiger partial charge in [-0.1, -0.05) is 4.68 Å². The number of amides is 1. The summed E-state index contributed by atoms with van der Waals surface area (Å²) in [5.74, 6) is -0.408. The van der Waals surface area contributed by atoms with E-state index < -0.39 is 11.5 Å². The number of nitrogens with one attached hydrogen (secondary N) is 1. The van der Waals surface area contributed by atoms with E-state index in [2.05, 4.69) is 5.32 Å². The number of fused-ring (bicyclic) bond motifs is 1. The Labute approximate surface area is 180 Å². The molecule has 5 N–H and O–H groups in total. The zero-order valence-corrected chi connectivity index (χ0v) is 18.0. The van der Waals surface area contributed by atoms with E-state index in [4.69, 9.17) is 10.8 Å². The fourth-order valence-corrected chi connectivity index (χ4v) is 3.88. The molecule has 4 rings (SSSR count). The van der Waals surface area contributed by atoms with Crippen LogP contribution in [0.5, 0.6) is 0 Å². The molecule has 2 aliphatic rings. The summed E-state index contributed by atoms with van der Waals surface area (Å²) in [6.07, 6.45) is 4.95. The summed E-state index contributed by atoms with van der Waals surface area (Å²) in [5.41, 5.74) is 7.66. The summed E-state index contributed by atoms with van der Waals surface area (Å²) >= 11 is 0. The molecule has 0 radical (unpaired) electrons. The number of nitrogen functional groups attached to an aromatic ring is 1. The van der Waals surface area contributed by atoms with Crippen LogP contribution in [0.4, 0.5) is 17.2 Å². The van der Waals surface area contributed by atoms with E-state index in [1.807, 2.05) is 48.9 Å². The Hall–Kier alpha value is -3.46. The van der Waals surface area contributed by atoms with E-state index in [-0.39, 0.29) is 11.5 Å². The predicted molar refractivity (Wildman–Crippen MR) is 117 cm³/mol. The number of aliphatic hydroxyl groups is 1. The van der Waals surface area contributed by atoms with Gasteiger partial charge in [0.2, 0.25) is 11.9 Å². The minimum atomic E-state index is -0.615. The van der Waals surface area contributed by atoms with Gasteiger partial charge in [-0.3, -0.25) is 10.5 Å². The van der Waals surface area contributed by atoms with Crippen LogP contribution in [-0.2, 0) is 0 Å². The maximum Gasteiger partial charge on any atom is 0.312 e. The third-order valence-electron chi connectivity index (χ3n) is 5.81. The van der Waals surface area contributed by atoms with Crippen LogP contribution in [0, 0.1) is 0 Å². The van der Waals surface area contributed by atoms with Gasteiger partial charge in [-0.15, -0.1) is 0 Å². The molecule has 1 amide bonds. The highest BCUT2D eigenvalue weighted by Crippen LogP contribution is 2.26. The van der Waals surface area contributed by atoms with Gasteiger partial charge in [0.05, 0.1) is 22.2 Å². The zero-order valence-electron chi connectivity index (χ0n) is 18.0. The van der Waals surface area contributed by atoms with Crippen molar-refractivity contribution >= 4 is 35.0 Å². The number of carbonyl (C=O) groups is 1. The van der Waals surface area contributed by atoms with Crippen LogP contribution in [0.15, 0.2) is 35.4 Å². The molecule has 1 aromatic heterocycles. The minimum Gasteiger partial charge on any atom is -0.390 e. The summed E-state index contributed by atoms with van der Waals surface area (Å²) in [5, 5.41) is 29.6. The molecular weight excluding hydrogens is 396 g/mol. The molecule has 0 saturated heterocycles. The lowest BCUT2D eigenvalue weighted by molar-refractivity contribution is -0.894. The van der Waals surface area contributed by atoms with Crippen LogP contribution in [0.3, 0.4) is 0 Å². The lowest BCUT2D eigenvalue weighted by Crippen LogP contribution is -2.42. The fourth-order valence-electron chi connectivity index (χ4n) is 3.88. The normalized spacial score (nSPS) is 20.0. The number of hydrogen-bond acceptors (Lipinski definition) is 6. The van der Waals surface area contributed by atoms with Gasteiger partial charge in [-0.05, 0) is 48.8 Å². The van der Waals surface area contributed by atoms with Crippen LogP contribution < -0.4 is 31.3 Å². The molecule has 31 heavy (non-hydrogen) atoms. The Balaban J connectivity index is 1.70. The average Bonchev–Trinajstić information content (AvgIpc) is 3.12. The first kappa shape index (κ1) is 20.8. The number of aromatic nitrogens is 1. The molecule has 2 aromatic rings. The summed E-state index contributed by atoms with van der Waals surface area (Å²) in [6, 6.07) is 8.40. The SMILES string of the molecule is CN(C)c1cc2c(cc1NC(=O)c1cccc(N)[n+]1O)=C[N+](=C1CCC(C)(O)CC1)N=2. The lowest BCUT2D eigenvalue weighted by Gasteiger charge is -2.26. The van der Waals surface area contributed by atoms with Gasteiger partial charge in [0, 0.05) is 38.1 Å². The van der Waals surface area contributed by atoms with Crippen molar-refractivity contribution in [1.29, 1.82) is 0 Å². The topological polar surface area (TPSA) is 118 Å². The second-order valence-corrected chi connectivity index (χ2v) is 8.56. The average molecular weight is 425 g/mol. The monoisotopic (exact) mass is 424 g/mol. The Morgan fingerprint density at radius 1 is 1.26 bits per heavy atom. The van der Waals surface area contributed by atoms with Crippen LogP contribution in [-0.4, -0.2) is 46.3 Å². The number of carbonyl (C=O) groups excluding carboxylic acids is 1. The van der Waals surface area contributed by atoms with Gasteiger partial charge in [0.1, 0.15) is 5.36 Å². The van der Waals surface area contributed by atoms with E-state index in [9.17, 15) is 15.1 Å². The minimum absolute atomic E-state index is 0.0327. The fraction of sp³-hybridized carbons (Fsp3) is 0.364. The van der Waals surface area contributed by atoms with Crippen molar-refractivity contribution in [2.24, 2.45) is 5.10 Å². The van der Waals surface area contributed by atoms with Gasteiger partial charge < -0.3 is 20.5 Å². The van der Waals surface area contributed by atoms with Gasteiger partial charge >= 0.3 is 5.82 Å². The third kappa shape index (κ3) is 4.09. The van der Waals surface area contributed by atoms with Crippen LogP contribution >= 0.6 is 0 Å². The molecule has 9 nitrogen and oxygen atoms in total.